The van der Waals surface area contributed by atoms with Gasteiger partial charge in [0.1, 0.15) is 0 Å². The van der Waals surface area contributed by atoms with Gasteiger partial charge in [0.25, 0.3) is 0 Å². The van der Waals surface area contributed by atoms with E-state index in [0.29, 0.717) is 0 Å². The Kier molecular flexibility index (Phi) is 3.18. The molecule has 0 heterocycles. The van der Waals surface area contributed by atoms with Crippen LogP contribution in [0.25, 0.3) is 0 Å². The van der Waals surface area contributed by atoms with Crippen molar-refractivity contribution in [3.05, 3.63) is 0 Å². The van der Waals surface area contributed by atoms with Crippen molar-refractivity contribution in [3.8, 4) is 6.07 Å². The Morgan fingerprint density at radius 1 is 1.31 bits per heavy atom. The Balaban J connectivity index is 1.94. The zero-order chi connectivity index (χ0) is 11.6. The molecule has 3 nitrogen and oxygen atoms in total. The average Bonchev–Trinajstić information content (AvgIpc) is 2.87. The van der Waals surface area contributed by atoms with Crippen LogP contribution in [0.2, 0.25) is 0 Å². The highest BCUT2D eigenvalue weighted by molar-refractivity contribution is 5.82. The molecular formula is C13H20N2O. The molecule has 2 saturated carbocycles. The molecule has 0 aliphatic heterocycles. The molecule has 0 bridgehead atoms. The van der Waals surface area contributed by atoms with E-state index >= 15 is 0 Å². The second kappa shape index (κ2) is 4.45. The Hall–Kier alpha value is -1.04. The van der Waals surface area contributed by atoms with E-state index in [2.05, 4.69) is 18.3 Å². The minimum atomic E-state index is -0.164. The third kappa shape index (κ3) is 2.07. The van der Waals surface area contributed by atoms with E-state index in [4.69, 9.17) is 5.26 Å². The third-order valence-electron chi connectivity index (χ3n) is 4.25. The molecule has 2 fully saturated rings. The summed E-state index contributed by atoms with van der Waals surface area (Å²) < 4.78 is 0. The molecule has 0 aromatic rings. The van der Waals surface area contributed by atoms with Crippen LogP contribution < -0.4 is 5.32 Å². The summed E-state index contributed by atoms with van der Waals surface area (Å²) in [5.41, 5.74) is -0.164. The van der Waals surface area contributed by atoms with Gasteiger partial charge in [-0.25, -0.2) is 0 Å². The number of rotatable bonds is 2. The average molecular weight is 220 g/mol. The molecule has 16 heavy (non-hydrogen) atoms. The van der Waals surface area contributed by atoms with E-state index < -0.39 is 0 Å². The fourth-order valence-corrected chi connectivity index (χ4v) is 3.01. The monoisotopic (exact) mass is 220 g/mol. The molecule has 2 aliphatic carbocycles. The van der Waals surface area contributed by atoms with Crippen molar-refractivity contribution in [2.45, 2.75) is 57.9 Å². The minimum Gasteiger partial charge on any atom is -0.352 e. The number of amides is 1. The maximum atomic E-state index is 12.2. The van der Waals surface area contributed by atoms with Gasteiger partial charge in [0.15, 0.2) is 0 Å². The number of carbonyl (C=O) groups excluding carboxylic acids is 1. The van der Waals surface area contributed by atoms with Crippen LogP contribution in [0.4, 0.5) is 0 Å². The fourth-order valence-electron chi connectivity index (χ4n) is 3.01. The van der Waals surface area contributed by atoms with E-state index in [1.165, 1.54) is 0 Å². The van der Waals surface area contributed by atoms with E-state index in [0.717, 1.165) is 44.9 Å². The van der Waals surface area contributed by atoms with Crippen LogP contribution >= 0.6 is 0 Å². The molecule has 0 saturated heterocycles. The summed E-state index contributed by atoms with van der Waals surface area (Å²) in [4.78, 5) is 12.2. The van der Waals surface area contributed by atoms with Gasteiger partial charge >= 0.3 is 0 Å². The van der Waals surface area contributed by atoms with Crippen molar-refractivity contribution in [2.75, 3.05) is 0 Å². The van der Waals surface area contributed by atoms with Crippen LogP contribution in [-0.2, 0) is 4.79 Å². The topological polar surface area (TPSA) is 52.9 Å². The van der Waals surface area contributed by atoms with Gasteiger partial charge in [-0.1, -0.05) is 19.8 Å². The zero-order valence-corrected chi connectivity index (χ0v) is 9.96. The standard InChI is InChI=1S/C13H20N2O/c1-13(7-2-3-8-13)12(16)15-11-6-4-5-10(11)9-14/h10-11H,2-8H2,1H3,(H,15,16). The van der Waals surface area contributed by atoms with Gasteiger partial charge in [-0.3, -0.25) is 4.79 Å². The second-order valence-electron chi connectivity index (χ2n) is 5.51. The van der Waals surface area contributed by atoms with E-state index in [1.807, 2.05) is 0 Å². The lowest BCUT2D eigenvalue weighted by Gasteiger charge is -2.26. The maximum Gasteiger partial charge on any atom is 0.226 e. The fraction of sp³-hybridized carbons (Fsp3) is 0.846. The lowest BCUT2D eigenvalue weighted by Crippen LogP contribution is -2.44. The summed E-state index contributed by atoms with van der Waals surface area (Å²) in [7, 11) is 0. The molecule has 2 rings (SSSR count). The molecule has 1 amide bonds. The predicted octanol–water partition coefficient (Wildman–Crippen LogP) is 2.38. The van der Waals surface area contributed by atoms with Crippen molar-refractivity contribution in [1.82, 2.24) is 5.32 Å². The number of nitriles is 1. The Bertz CT molecular complexity index is 312. The largest absolute Gasteiger partial charge is 0.352 e. The SMILES string of the molecule is CC1(C(=O)NC2CCCC2C#N)CCCC1. The van der Waals surface area contributed by atoms with Crippen molar-refractivity contribution < 1.29 is 4.79 Å². The molecule has 2 unspecified atom stereocenters. The van der Waals surface area contributed by atoms with Gasteiger partial charge in [0.2, 0.25) is 5.91 Å². The van der Waals surface area contributed by atoms with Crippen LogP contribution in [0, 0.1) is 22.7 Å². The molecule has 0 spiro atoms. The van der Waals surface area contributed by atoms with Crippen LogP contribution in [0.5, 0.6) is 0 Å². The second-order valence-corrected chi connectivity index (χ2v) is 5.51. The van der Waals surface area contributed by atoms with Crippen LogP contribution in [0.15, 0.2) is 0 Å². The first-order valence-corrected chi connectivity index (χ1v) is 6.36. The van der Waals surface area contributed by atoms with Crippen molar-refractivity contribution in [2.24, 2.45) is 11.3 Å². The molecule has 2 atom stereocenters. The van der Waals surface area contributed by atoms with E-state index in [9.17, 15) is 4.79 Å². The van der Waals surface area contributed by atoms with Crippen LogP contribution in [0.3, 0.4) is 0 Å². The quantitative estimate of drug-likeness (QED) is 0.776. The van der Waals surface area contributed by atoms with Gasteiger partial charge in [-0.05, 0) is 32.1 Å². The van der Waals surface area contributed by atoms with Crippen molar-refractivity contribution in [1.29, 1.82) is 5.26 Å². The molecule has 0 radical (unpaired) electrons. The Morgan fingerprint density at radius 2 is 2.00 bits per heavy atom. The molecule has 2 aliphatic rings. The summed E-state index contributed by atoms with van der Waals surface area (Å²) >= 11 is 0. The Labute approximate surface area is 97.2 Å². The van der Waals surface area contributed by atoms with E-state index in [1.54, 1.807) is 0 Å². The van der Waals surface area contributed by atoms with E-state index in [-0.39, 0.29) is 23.3 Å². The highest BCUT2D eigenvalue weighted by Gasteiger charge is 2.38. The zero-order valence-electron chi connectivity index (χ0n) is 9.96. The maximum absolute atomic E-state index is 12.2. The molecule has 3 heteroatoms. The lowest BCUT2D eigenvalue weighted by molar-refractivity contribution is -0.130. The van der Waals surface area contributed by atoms with Gasteiger partial charge in [0, 0.05) is 11.5 Å². The molecule has 88 valence electrons. The van der Waals surface area contributed by atoms with Gasteiger partial charge in [-0.15, -0.1) is 0 Å². The number of nitrogens with zero attached hydrogens (tertiary/aromatic N) is 1. The molecular weight excluding hydrogens is 200 g/mol. The summed E-state index contributed by atoms with van der Waals surface area (Å²) in [6.45, 7) is 2.06. The van der Waals surface area contributed by atoms with Crippen molar-refractivity contribution >= 4 is 5.91 Å². The first kappa shape index (κ1) is 11.4. The summed E-state index contributed by atoms with van der Waals surface area (Å²) in [5.74, 6) is 0.214. The normalized spacial score (nSPS) is 32.2. The number of hydrogen-bond acceptors (Lipinski definition) is 2. The first-order valence-electron chi connectivity index (χ1n) is 6.36. The van der Waals surface area contributed by atoms with Gasteiger partial charge in [0.05, 0.1) is 12.0 Å². The number of carbonyl (C=O) groups is 1. The number of nitrogens with one attached hydrogen (secondary N) is 1. The first-order chi connectivity index (χ1) is 7.65. The molecule has 1 N–H and O–H groups in total. The molecule has 0 aromatic heterocycles. The summed E-state index contributed by atoms with van der Waals surface area (Å²) in [5, 5.41) is 12.1. The van der Waals surface area contributed by atoms with Crippen LogP contribution in [0.1, 0.15) is 51.9 Å². The third-order valence-corrected chi connectivity index (χ3v) is 4.25. The van der Waals surface area contributed by atoms with Gasteiger partial charge in [-0.2, -0.15) is 5.26 Å². The molecule has 0 aromatic carbocycles. The van der Waals surface area contributed by atoms with Gasteiger partial charge < -0.3 is 5.32 Å². The minimum absolute atomic E-state index is 0.0361. The van der Waals surface area contributed by atoms with Crippen molar-refractivity contribution in [3.63, 3.8) is 0 Å². The smallest absolute Gasteiger partial charge is 0.226 e. The summed E-state index contributed by atoms with van der Waals surface area (Å²) in [6.07, 6.45) is 7.32. The highest BCUT2D eigenvalue weighted by Crippen LogP contribution is 2.38. The lowest BCUT2D eigenvalue weighted by atomic mass is 9.87. The highest BCUT2D eigenvalue weighted by atomic mass is 16.2. The summed E-state index contributed by atoms with van der Waals surface area (Å²) in [6, 6.07) is 2.41. The number of hydrogen-bond donors (Lipinski definition) is 1. The van der Waals surface area contributed by atoms with Crippen LogP contribution in [-0.4, -0.2) is 11.9 Å². The Morgan fingerprint density at radius 3 is 2.62 bits per heavy atom. The predicted molar refractivity (Wildman–Crippen MR) is 61.5 cm³/mol.